The van der Waals surface area contributed by atoms with Crippen LogP contribution in [0.25, 0.3) is 0 Å². The molecule has 1 aromatic carbocycles. The van der Waals surface area contributed by atoms with Crippen molar-refractivity contribution in [1.82, 2.24) is 5.32 Å². The van der Waals surface area contributed by atoms with Gasteiger partial charge < -0.3 is 5.32 Å². The van der Waals surface area contributed by atoms with E-state index in [9.17, 15) is 4.39 Å². The second-order valence-electron chi connectivity index (χ2n) is 4.80. The molecule has 1 fully saturated rings. The zero-order valence-electron chi connectivity index (χ0n) is 10.2. The highest BCUT2D eigenvalue weighted by Crippen LogP contribution is 2.38. The van der Waals surface area contributed by atoms with Gasteiger partial charge in [0.25, 0.3) is 0 Å². The van der Waals surface area contributed by atoms with Gasteiger partial charge in [0.1, 0.15) is 5.82 Å². The van der Waals surface area contributed by atoms with Crippen LogP contribution in [0.4, 0.5) is 4.39 Å². The minimum absolute atomic E-state index is 0.205. The zero-order valence-corrected chi connectivity index (χ0v) is 10.9. The van der Waals surface area contributed by atoms with Crippen LogP contribution >= 0.6 is 11.6 Å². The van der Waals surface area contributed by atoms with E-state index in [1.165, 1.54) is 19.3 Å². The Bertz CT molecular complexity index is 376. The predicted molar refractivity (Wildman–Crippen MR) is 69.8 cm³/mol. The molecular weight excluding hydrogens is 237 g/mol. The molecule has 1 nitrogen and oxygen atoms in total. The Balaban J connectivity index is 2.15. The Labute approximate surface area is 107 Å². The largest absolute Gasteiger partial charge is 0.310 e. The first-order chi connectivity index (χ1) is 8.22. The van der Waals surface area contributed by atoms with E-state index in [-0.39, 0.29) is 16.9 Å². The van der Waals surface area contributed by atoms with Crippen LogP contribution in [-0.4, -0.2) is 6.54 Å². The minimum Gasteiger partial charge on any atom is -0.310 e. The van der Waals surface area contributed by atoms with Gasteiger partial charge in [0.05, 0.1) is 5.02 Å². The van der Waals surface area contributed by atoms with Crippen molar-refractivity contribution < 1.29 is 4.39 Å². The molecule has 1 atom stereocenters. The van der Waals surface area contributed by atoms with Crippen LogP contribution in [-0.2, 0) is 0 Å². The highest BCUT2D eigenvalue weighted by atomic mass is 35.5. The smallest absolute Gasteiger partial charge is 0.142 e. The van der Waals surface area contributed by atoms with E-state index < -0.39 is 0 Å². The van der Waals surface area contributed by atoms with Gasteiger partial charge in [-0.2, -0.15) is 0 Å². The SMILES string of the molecule is CCCNC(c1ccc(Cl)c(F)c1)C1CCC1. The molecule has 94 valence electrons. The molecule has 17 heavy (non-hydrogen) atoms. The van der Waals surface area contributed by atoms with Crippen molar-refractivity contribution in [2.24, 2.45) is 5.92 Å². The third-order valence-corrected chi connectivity index (χ3v) is 3.84. The van der Waals surface area contributed by atoms with Gasteiger partial charge in [0.2, 0.25) is 0 Å². The Hall–Kier alpha value is -0.600. The molecule has 1 N–H and O–H groups in total. The lowest BCUT2D eigenvalue weighted by Crippen LogP contribution is -2.32. The molecule has 0 heterocycles. The Morgan fingerprint density at radius 1 is 1.47 bits per heavy atom. The van der Waals surface area contributed by atoms with Crippen molar-refractivity contribution in [3.05, 3.63) is 34.6 Å². The van der Waals surface area contributed by atoms with Gasteiger partial charge in [-0.3, -0.25) is 0 Å². The van der Waals surface area contributed by atoms with Crippen LogP contribution in [0.1, 0.15) is 44.2 Å². The maximum Gasteiger partial charge on any atom is 0.142 e. The summed E-state index contributed by atoms with van der Waals surface area (Å²) in [4.78, 5) is 0. The fourth-order valence-electron chi connectivity index (χ4n) is 2.34. The topological polar surface area (TPSA) is 12.0 Å². The lowest BCUT2D eigenvalue weighted by atomic mass is 9.77. The molecule has 1 aliphatic carbocycles. The van der Waals surface area contributed by atoms with Gasteiger partial charge in [-0.25, -0.2) is 4.39 Å². The second-order valence-corrected chi connectivity index (χ2v) is 5.20. The van der Waals surface area contributed by atoms with Crippen LogP contribution in [0.5, 0.6) is 0 Å². The molecule has 0 bridgehead atoms. The first-order valence-electron chi connectivity index (χ1n) is 6.40. The number of hydrogen-bond donors (Lipinski definition) is 1. The van der Waals surface area contributed by atoms with Crippen molar-refractivity contribution in [1.29, 1.82) is 0 Å². The molecular formula is C14H19ClFN. The van der Waals surface area contributed by atoms with Gasteiger partial charge in [0, 0.05) is 6.04 Å². The molecule has 2 rings (SSSR count). The average Bonchev–Trinajstić information content (AvgIpc) is 2.25. The highest BCUT2D eigenvalue weighted by molar-refractivity contribution is 6.30. The summed E-state index contributed by atoms with van der Waals surface area (Å²) in [5.41, 5.74) is 1.03. The first-order valence-corrected chi connectivity index (χ1v) is 6.78. The lowest BCUT2D eigenvalue weighted by Gasteiger charge is -2.35. The lowest BCUT2D eigenvalue weighted by molar-refractivity contribution is 0.231. The Kier molecular flexibility index (Phi) is 4.41. The Morgan fingerprint density at radius 2 is 2.24 bits per heavy atom. The maximum absolute atomic E-state index is 13.5. The van der Waals surface area contributed by atoms with Crippen LogP contribution < -0.4 is 5.32 Å². The summed E-state index contributed by atoms with van der Waals surface area (Å²) in [6.07, 6.45) is 4.88. The third-order valence-electron chi connectivity index (χ3n) is 3.54. The second kappa shape index (κ2) is 5.83. The van der Waals surface area contributed by atoms with Crippen molar-refractivity contribution in [3.8, 4) is 0 Å². The van der Waals surface area contributed by atoms with E-state index in [2.05, 4.69) is 12.2 Å². The van der Waals surface area contributed by atoms with Crippen molar-refractivity contribution in [2.45, 2.75) is 38.6 Å². The molecule has 1 aromatic rings. The molecule has 0 spiro atoms. The third kappa shape index (κ3) is 2.99. The average molecular weight is 256 g/mol. The summed E-state index contributed by atoms with van der Waals surface area (Å²) in [7, 11) is 0. The predicted octanol–water partition coefficient (Wildman–Crippen LogP) is 4.32. The number of hydrogen-bond acceptors (Lipinski definition) is 1. The van der Waals surface area contributed by atoms with E-state index >= 15 is 0 Å². The van der Waals surface area contributed by atoms with E-state index in [1.807, 2.05) is 6.07 Å². The number of halogens is 2. The summed E-state index contributed by atoms with van der Waals surface area (Å²) < 4.78 is 13.5. The molecule has 0 aromatic heterocycles. The van der Waals surface area contributed by atoms with Crippen LogP contribution in [0.15, 0.2) is 18.2 Å². The summed E-state index contributed by atoms with van der Waals surface area (Å²) >= 11 is 5.72. The number of nitrogens with one attached hydrogen (secondary N) is 1. The van der Waals surface area contributed by atoms with Gasteiger partial charge in [-0.15, -0.1) is 0 Å². The summed E-state index contributed by atoms with van der Waals surface area (Å²) in [5, 5.41) is 3.73. The molecule has 1 unspecified atom stereocenters. The zero-order chi connectivity index (χ0) is 12.3. The molecule has 3 heteroatoms. The highest BCUT2D eigenvalue weighted by Gasteiger charge is 2.28. The van der Waals surface area contributed by atoms with Gasteiger partial charge >= 0.3 is 0 Å². The van der Waals surface area contributed by atoms with Crippen LogP contribution in [0, 0.1) is 11.7 Å². The van der Waals surface area contributed by atoms with E-state index in [0.717, 1.165) is 18.5 Å². The normalized spacial score (nSPS) is 17.8. The van der Waals surface area contributed by atoms with E-state index in [4.69, 9.17) is 11.6 Å². The molecule has 0 aliphatic heterocycles. The van der Waals surface area contributed by atoms with Crippen molar-refractivity contribution >= 4 is 11.6 Å². The molecule has 0 saturated heterocycles. The van der Waals surface area contributed by atoms with E-state index in [1.54, 1.807) is 12.1 Å². The standard InChI is InChI=1S/C14H19ClFN/c1-2-8-17-14(10-4-3-5-10)11-6-7-12(15)13(16)9-11/h6-7,9-10,14,17H,2-5,8H2,1H3. The number of benzene rings is 1. The first kappa shape index (κ1) is 12.8. The fourth-order valence-corrected chi connectivity index (χ4v) is 2.45. The monoisotopic (exact) mass is 255 g/mol. The Morgan fingerprint density at radius 3 is 2.76 bits per heavy atom. The summed E-state index contributed by atoms with van der Waals surface area (Å²) in [5.74, 6) is 0.342. The van der Waals surface area contributed by atoms with E-state index in [0.29, 0.717) is 5.92 Å². The van der Waals surface area contributed by atoms with Crippen LogP contribution in [0.2, 0.25) is 5.02 Å². The van der Waals surface area contributed by atoms with Crippen molar-refractivity contribution in [2.75, 3.05) is 6.54 Å². The molecule has 0 amide bonds. The number of rotatable bonds is 5. The quantitative estimate of drug-likeness (QED) is 0.826. The fraction of sp³-hybridized carbons (Fsp3) is 0.571. The van der Waals surface area contributed by atoms with Gasteiger partial charge in [-0.1, -0.05) is 31.0 Å². The van der Waals surface area contributed by atoms with Gasteiger partial charge in [-0.05, 0) is 49.4 Å². The molecule has 1 aliphatic rings. The molecule has 0 radical (unpaired) electrons. The minimum atomic E-state index is -0.313. The van der Waals surface area contributed by atoms with Crippen LogP contribution in [0.3, 0.4) is 0 Å². The maximum atomic E-state index is 13.5. The van der Waals surface area contributed by atoms with Crippen molar-refractivity contribution in [3.63, 3.8) is 0 Å². The summed E-state index contributed by atoms with van der Waals surface area (Å²) in [6.45, 7) is 3.12. The molecule has 1 saturated carbocycles. The van der Waals surface area contributed by atoms with Gasteiger partial charge in [0.15, 0.2) is 0 Å². The summed E-state index contributed by atoms with van der Waals surface area (Å²) in [6, 6.07) is 5.46.